The zero-order chi connectivity index (χ0) is 13.5. The quantitative estimate of drug-likeness (QED) is 0.746. The molecule has 0 fully saturated rings. The van der Waals surface area contributed by atoms with Gasteiger partial charge in [0, 0.05) is 6.42 Å². The third-order valence-corrected chi connectivity index (χ3v) is 3.44. The van der Waals surface area contributed by atoms with Crippen LogP contribution in [0.1, 0.15) is 55.1 Å². The topological polar surface area (TPSA) is 79.3 Å². The number of carbonyl (C=O) groups is 2. The summed E-state index contributed by atoms with van der Waals surface area (Å²) < 4.78 is 3.95. The molecule has 0 aromatic carbocycles. The zero-order valence-corrected chi connectivity index (χ0v) is 11.5. The molecule has 5 nitrogen and oxygen atoms in total. The predicted molar refractivity (Wildman–Crippen MR) is 71.2 cm³/mol. The van der Waals surface area contributed by atoms with Gasteiger partial charge in [-0.05, 0) is 24.9 Å². The van der Waals surface area contributed by atoms with Crippen LogP contribution in [-0.4, -0.2) is 21.4 Å². The third-order valence-electron chi connectivity index (χ3n) is 2.59. The maximum absolute atomic E-state index is 11.6. The smallest absolute Gasteiger partial charge is 0.340 e. The lowest BCUT2D eigenvalue weighted by Crippen LogP contribution is -2.13. The molecule has 0 aliphatic carbocycles. The van der Waals surface area contributed by atoms with E-state index < -0.39 is 5.97 Å². The summed E-state index contributed by atoms with van der Waals surface area (Å²) in [5.41, 5.74) is 0.538. The van der Waals surface area contributed by atoms with E-state index in [-0.39, 0.29) is 11.5 Å². The standard InChI is InChI=1S/C12H18N2O3S/c1-3-4-5-6-7-9(15)13-11-10(12(16)17)8(2)14-18-11/h3-7H2,1-2H3,(H,13,15)(H,16,17). The Morgan fingerprint density at radius 2 is 2.06 bits per heavy atom. The molecule has 0 atom stereocenters. The van der Waals surface area contributed by atoms with Gasteiger partial charge >= 0.3 is 5.97 Å². The van der Waals surface area contributed by atoms with Crippen LogP contribution in [0.5, 0.6) is 0 Å². The summed E-state index contributed by atoms with van der Waals surface area (Å²) in [6.45, 7) is 3.73. The largest absolute Gasteiger partial charge is 0.478 e. The highest BCUT2D eigenvalue weighted by Crippen LogP contribution is 2.24. The first-order chi connectivity index (χ1) is 8.56. The molecule has 1 aromatic heterocycles. The molecule has 0 bridgehead atoms. The minimum Gasteiger partial charge on any atom is -0.478 e. The maximum Gasteiger partial charge on any atom is 0.340 e. The number of carboxylic acid groups (broad SMARTS) is 1. The van der Waals surface area contributed by atoms with Crippen molar-refractivity contribution in [1.29, 1.82) is 0 Å². The molecule has 0 radical (unpaired) electrons. The average molecular weight is 270 g/mol. The van der Waals surface area contributed by atoms with Crippen LogP contribution in [0.25, 0.3) is 0 Å². The molecule has 0 spiro atoms. The maximum atomic E-state index is 11.6. The Kier molecular flexibility index (Phi) is 5.77. The number of nitrogens with one attached hydrogen (secondary N) is 1. The number of carboxylic acids is 1. The van der Waals surface area contributed by atoms with E-state index in [1.165, 1.54) is 0 Å². The number of nitrogens with zero attached hydrogens (tertiary/aromatic N) is 1. The summed E-state index contributed by atoms with van der Waals surface area (Å²) >= 11 is 1.01. The van der Waals surface area contributed by atoms with E-state index in [0.29, 0.717) is 17.1 Å². The SMILES string of the molecule is CCCCCCC(=O)Nc1snc(C)c1C(=O)O. The van der Waals surface area contributed by atoms with E-state index in [2.05, 4.69) is 16.6 Å². The second kappa shape index (κ2) is 7.10. The van der Waals surface area contributed by atoms with Crippen LogP contribution in [0.3, 0.4) is 0 Å². The summed E-state index contributed by atoms with van der Waals surface area (Å²) in [6.07, 6.45) is 4.53. The molecule has 0 saturated heterocycles. The van der Waals surface area contributed by atoms with Gasteiger partial charge in [-0.15, -0.1) is 0 Å². The van der Waals surface area contributed by atoms with Crippen LogP contribution in [0.15, 0.2) is 0 Å². The fourth-order valence-corrected chi connectivity index (χ4v) is 2.41. The number of aromatic carboxylic acids is 1. The average Bonchev–Trinajstić information content (AvgIpc) is 2.66. The Morgan fingerprint density at radius 1 is 1.33 bits per heavy atom. The van der Waals surface area contributed by atoms with Crippen molar-refractivity contribution in [2.45, 2.75) is 46.0 Å². The molecule has 0 aliphatic rings. The molecule has 6 heteroatoms. The monoisotopic (exact) mass is 270 g/mol. The van der Waals surface area contributed by atoms with Crippen molar-refractivity contribution < 1.29 is 14.7 Å². The van der Waals surface area contributed by atoms with E-state index >= 15 is 0 Å². The van der Waals surface area contributed by atoms with E-state index in [1.807, 2.05) is 0 Å². The van der Waals surface area contributed by atoms with Gasteiger partial charge in [-0.2, -0.15) is 4.37 Å². The Balaban J connectivity index is 2.52. The van der Waals surface area contributed by atoms with Gasteiger partial charge in [0.1, 0.15) is 10.6 Å². The first kappa shape index (κ1) is 14.6. The molecule has 1 heterocycles. The number of carbonyl (C=O) groups excluding carboxylic acids is 1. The fourth-order valence-electron chi connectivity index (χ4n) is 1.61. The minimum absolute atomic E-state index is 0.0990. The molecular formula is C12H18N2O3S. The highest BCUT2D eigenvalue weighted by Gasteiger charge is 2.18. The normalized spacial score (nSPS) is 10.3. The van der Waals surface area contributed by atoms with Gasteiger partial charge in [0.15, 0.2) is 0 Å². The summed E-state index contributed by atoms with van der Waals surface area (Å²) in [7, 11) is 0. The van der Waals surface area contributed by atoms with Crippen molar-refractivity contribution in [2.75, 3.05) is 5.32 Å². The first-order valence-electron chi connectivity index (χ1n) is 6.05. The number of aryl methyl sites for hydroxylation is 1. The minimum atomic E-state index is -1.05. The second-order valence-corrected chi connectivity index (χ2v) is 4.91. The van der Waals surface area contributed by atoms with Gasteiger partial charge < -0.3 is 10.4 Å². The highest BCUT2D eigenvalue weighted by molar-refractivity contribution is 7.11. The molecule has 0 saturated carbocycles. The number of anilines is 1. The van der Waals surface area contributed by atoms with E-state index in [4.69, 9.17) is 5.11 Å². The number of hydrogen-bond donors (Lipinski definition) is 2. The zero-order valence-electron chi connectivity index (χ0n) is 10.7. The van der Waals surface area contributed by atoms with E-state index in [0.717, 1.165) is 37.2 Å². The van der Waals surface area contributed by atoms with Crippen LogP contribution in [0, 0.1) is 6.92 Å². The summed E-state index contributed by atoms with van der Waals surface area (Å²) in [6, 6.07) is 0. The van der Waals surface area contributed by atoms with Crippen molar-refractivity contribution in [3.05, 3.63) is 11.3 Å². The number of hydrogen-bond acceptors (Lipinski definition) is 4. The summed E-state index contributed by atoms with van der Waals surface area (Å²) in [5.74, 6) is -1.19. The highest BCUT2D eigenvalue weighted by atomic mass is 32.1. The van der Waals surface area contributed by atoms with Crippen LogP contribution in [0.4, 0.5) is 5.00 Å². The summed E-state index contributed by atoms with van der Waals surface area (Å²) in [5, 5.41) is 12.0. The first-order valence-corrected chi connectivity index (χ1v) is 6.83. The second-order valence-electron chi connectivity index (χ2n) is 4.14. The van der Waals surface area contributed by atoms with Crippen molar-refractivity contribution >= 4 is 28.4 Å². The van der Waals surface area contributed by atoms with Crippen LogP contribution in [0.2, 0.25) is 0 Å². The molecule has 1 rings (SSSR count). The van der Waals surface area contributed by atoms with Gasteiger partial charge in [-0.25, -0.2) is 4.79 Å². The van der Waals surface area contributed by atoms with Gasteiger partial charge in [0.05, 0.1) is 5.69 Å². The summed E-state index contributed by atoms with van der Waals surface area (Å²) in [4.78, 5) is 22.6. The van der Waals surface area contributed by atoms with Gasteiger partial charge in [-0.1, -0.05) is 26.2 Å². The molecule has 2 N–H and O–H groups in total. The van der Waals surface area contributed by atoms with Gasteiger partial charge in [0.25, 0.3) is 0 Å². The molecule has 18 heavy (non-hydrogen) atoms. The van der Waals surface area contributed by atoms with Gasteiger partial charge in [-0.3, -0.25) is 4.79 Å². The Morgan fingerprint density at radius 3 is 2.67 bits per heavy atom. The van der Waals surface area contributed by atoms with Crippen molar-refractivity contribution in [3.63, 3.8) is 0 Å². The molecular weight excluding hydrogens is 252 g/mol. The van der Waals surface area contributed by atoms with Gasteiger partial charge in [0.2, 0.25) is 5.91 Å². The van der Waals surface area contributed by atoms with Crippen molar-refractivity contribution in [2.24, 2.45) is 0 Å². The number of rotatable bonds is 7. The lowest BCUT2D eigenvalue weighted by Gasteiger charge is -2.03. The lowest BCUT2D eigenvalue weighted by atomic mass is 10.1. The molecule has 100 valence electrons. The van der Waals surface area contributed by atoms with Crippen molar-refractivity contribution in [1.82, 2.24) is 4.37 Å². The molecule has 0 unspecified atom stereocenters. The predicted octanol–water partition coefficient (Wildman–Crippen LogP) is 3.06. The van der Waals surface area contributed by atoms with E-state index in [1.54, 1.807) is 6.92 Å². The third kappa shape index (κ3) is 4.10. The molecule has 1 aromatic rings. The van der Waals surface area contributed by atoms with E-state index in [9.17, 15) is 9.59 Å². The number of amides is 1. The Hall–Kier alpha value is -1.43. The van der Waals surface area contributed by atoms with Crippen LogP contribution < -0.4 is 5.32 Å². The molecule has 1 amide bonds. The van der Waals surface area contributed by atoms with Crippen LogP contribution >= 0.6 is 11.5 Å². The van der Waals surface area contributed by atoms with Crippen LogP contribution in [-0.2, 0) is 4.79 Å². The Labute approximate surface area is 110 Å². The lowest BCUT2D eigenvalue weighted by molar-refractivity contribution is -0.116. The Bertz CT molecular complexity index is 429. The number of aromatic nitrogens is 1. The number of unbranched alkanes of at least 4 members (excludes halogenated alkanes) is 3. The molecule has 0 aliphatic heterocycles. The van der Waals surface area contributed by atoms with Crippen molar-refractivity contribution in [3.8, 4) is 0 Å². The fraction of sp³-hybridized carbons (Fsp3) is 0.583.